The monoisotopic (exact) mass is 340 g/mol. The van der Waals surface area contributed by atoms with Crippen LogP contribution in [0.4, 0.5) is 0 Å². The van der Waals surface area contributed by atoms with Crippen LogP contribution in [0, 0.1) is 0 Å². The zero-order valence-corrected chi connectivity index (χ0v) is 14.9. The van der Waals surface area contributed by atoms with Crippen molar-refractivity contribution < 1.29 is 28.6 Å². The molecule has 0 amide bonds. The summed E-state index contributed by atoms with van der Waals surface area (Å²) in [6.45, 7) is 14.5. The quantitative estimate of drug-likeness (QED) is 0.199. The van der Waals surface area contributed by atoms with Gasteiger partial charge in [0.1, 0.15) is 0 Å². The van der Waals surface area contributed by atoms with Gasteiger partial charge in [-0.15, -0.1) is 0 Å². The van der Waals surface area contributed by atoms with Crippen molar-refractivity contribution >= 4 is 17.9 Å². The molecule has 0 spiro atoms. The molecule has 0 N–H and O–H groups in total. The number of carbonyl (C=O) groups is 3. The first-order chi connectivity index (χ1) is 11.3. The van der Waals surface area contributed by atoms with Crippen LogP contribution in [0.25, 0.3) is 0 Å². The second kappa shape index (κ2) is 15.5. The average Bonchev–Trinajstić information content (AvgIpc) is 2.59. The van der Waals surface area contributed by atoms with E-state index in [4.69, 9.17) is 4.74 Å². The molecule has 136 valence electrons. The fraction of sp³-hybridized carbons (Fsp3) is 0.500. The molecule has 0 radical (unpaired) electrons. The van der Waals surface area contributed by atoms with Crippen molar-refractivity contribution in [1.29, 1.82) is 0 Å². The highest BCUT2D eigenvalue weighted by molar-refractivity contribution is 5.97. The van der Waals surface area contributed by atoms with Crippen molar-refractivity contribution in [2.45, 2.75) is 46.0 Å². The number of hydrogen-bond donors (Lipinski definition) is 0. The van der Waals surface area contributed by atoms with Crippen LogP contribution in [0.15, 0.2) is 37.1 Å². The smallest absolute Gasteiger partial charge is 0.380 e. The van der Waals surface area contributed by atoms with E-state index < -0.39 is 11.9 Å². The van der Waals surface area contributed by atoms with E-state index in [0.717, 1.165) is 18.9 Å². The third-order valence-corrected chi connectivity index (χ3v) is 2.78. The Bertz CT molecular complexity index is 450. The number of ether oxygens (including phenoxy) is 3. The van der Waals surface area contributed by atoms with Gasteiger partial charge >= 0.3 is 17.9 Å². The van der Waals surface area contributed by atoms with Crippen molar-refractivity contribution in [3.8, 4) is 0 Å². The van der Waals surface area contributed by atoms with E-state index in [2.05, 4.69) is 36.1 Å². The summed E-state index contributed by atoms with van der Waals surface area (Å²) in [6.07, 6.45) is 6.08. The van der Waals surface area contributed by atoms with E-state index in [9.17, 15) is 14.4 Å². The predicted molar refractivity (Wildman–Crippen MR) is 92.0 cm³/mol. The topological polar surface area (TPSA) is 78.9 Å². The summed E-state index contributed by atoms with van der Waals surface area (Å²) in [7, 11) is 1.25. The van der Waals surface area contributed by atoms with Gasteiger partial charge in [-0.1, -0.05) is 46.3 Å². The molecule has 6 heteroatoms. The third-order valence-electron chi connectivity index (χ3n) is 2.78. The molecule has 0 aromatic carbocycles. The fourth-order valence-electron chi connectivity index (χ4n) is 1.21. The molecular formula is C18H28O6. The lowest BCUT2D eigenvalue weighted by atomic mass is 10.2. The molecule has 0 aliphatic heterocycles. The summed E-state index contributed by atoms with van der Waals surface area (Å²) in [6, 6.07) is 0. The minimum Gasteiger partial charge on any atom is -0.490 e. The van der Waals surface area contributed by atoms with Crippen LogP contribution in [-0.2, 0) is 28.6 Å². The Balaban J connectivity index is 0. The molecule has 24 heavy (non-hydrogen) atoms. The Kier molecular flexibility index (Phi) is 15.5. The Labute approximate surface area is 144 Å². The summed E-state index contributed by atoms with van der Waals surface area (Å²) in [5.41, 5.74) is 0.565. The molecule has 0 saturated carbocycles. The molecule has 0 bridgehead atoms. The highest BCUT2D eigenvalue weighted by Gasteiger charge is 2.11. The number of unbranched alkanes of at least 4 members (excludes halogenated alkanes) is 3. The second-order valence-electron chi connectivity index (χ2n) is 4.69. The van der Waals surface area contributed by atoms with Gasteiger partial charge in [0.2, 0.25) is 0 Å². The molecule has 0 unspecified atom stereocenters. The van der Waals surface area contributed by atoms with Gasteiger partial charge in [-0.05, 0) is 19.4 Å². The SMILES string of the molecule is C=C(CC)C(=O)OCCCCCC.C=CC(=O)OC(=O)C(=C)OC. The van der Waals surface area contributed by atoms with Crippen molar-refractivity contribution in [1.82, 2.24) is 0 Å². The standard InChI is InChI=1S/C11H20O2.C7H8O4/c1-4-6-7-8-9-13-11(12)10(3)5-2;1-4-6(8)11-7(9)5(2)10-3/h3-9H2,1-2H3;4H,1-2H2,3H3. The Morgan fingerprint density at radius 3 is 2.08 bits per heavy atom. The molecule has 0 aromatic heterocycles. The number of methoxy groups -OCH3 is 1. The second-order valence-corrected chi connectivity index (χ2v) is 4.69. The van der Waals surface area contributed by atoms with Crippen molar-refractivity contribution in [2.24, 2.45) is 0 Å². The Morgan fingerprint density at radius 2 is 1.62 bits per heavy atom. The van der Waals surface area contributed by atoms with Crippen LogP contribution in [-0.4, -0.2) is 31.6 Å². The highest BCUT2D eigenvalue weighted by atomic mass is 16.6. The van der Waals surface area contributed by atoms with Gasteiger partial charge in [-0.3, -0.25) is 0 Å². The van der Waals surface area contributed by atoms with Gasteiger partial charge in [0, 0.05) is 11.6 Å². The number of rotatable bonds is 10. The number of hydrogen-bond acceptors (Lipinski definition) is 6. The fourth-order valence-corrected chi connectivity index (χ4v) is 1.21. The minimum absolute atomic E-state index is 0.222. The molecule has 0 heterocycles. The normalized spacial score (nSPS) is 8.96. The van der Waals surface area contributed by atoms with E-state index in [0.29, 0.717) is 18.6 Å². The molecule has 0 fully saturated rings. The van der Waals surface area contributed by atoms with Crippen LogP contribution in [0.3, 0.4) is 0 Å². The third kappa shape index (κ3) is 13.3. The molecule has 6 nitrogen and oxygen atoms in total. The maximum absolute atomic E-state index is 11.1. The molecule has 0 aliphatic carbocycles. The van der Waals surface area contributed by atoms with E-state index in [1.165, 1.54) is 20.0 Å². The van der Waals surface area contributed by atoms with Gasteiger partial charge in [-0.2, -0.15) is 0 Å². The molecule has 0 saturated heterocycles. The lowest BCUT2D eigenvalue weighted by Crippen LogP contribution is -2.12. The molecule has 0 atom stereocenters. The van der Waals surface area contributed by atoms with Gasteiger partial charge in [0.15, 0.2) is 5.76 Å². The minimum atomic E-state index is -0.905. The van der Waals surface area contributed by atoms with Crippen LogP contribution >= 0.6 is 0 Å². The van der Waals surface area contributed by atoms with Gasteiger partial charge in [-0.25, -0.2) is 14.4 Å². The summed E-state index contributed by atoms with van der Waals surface area (Å²) in [5.74, 6) is -2.19. The van der Waals surface area contributed by atoms with Crippen molar-refractivity contribution in [3.05, 3.63) is 37.1 Å². The van der Waals surface area contributed by atoms with Crippen LogP contribution in [0.5, 0.6) is 0 Å². The summed E-state index contributed by atoms with van der Waals surface area (Å²) < 4.78 is 13.5. The lowest BCUT2D eigenvalue weighted by Gasteiger charge is -2.04. The summed E-state index contributed by atoms with van der Waals surface area (Å²) in [4.78, 5) is 32.1. The van der Waals surface area contributed by atoms with E-state index in [1.54, 1.807) is 0 Å². The zero-order chi connectivity index (χ0) is 19.0. The Morgan fingerprint density at radius 1 is 1.00 bits per heavy atom. The predicted octanol–water partition coefficient (Wildman–Crippen LogP) is 3.48. The van der Waals surface area contributed by atoms with E-state index in [-0.39, 0.29) is 11.7 Å². The maximum Gasteiger partial charge on any atom is 0.380 e. The number of esters is 3. The Hall–Kier alpha value is -2.37. The summed E-state index contributed by atoms with van der Waals surface area (Å²) >= 11 is 0. The van der Waals surface area contributed by atoms with Gasteiger partial charge in [0.25, 0.3) is 0 Å². The van der Waals surface area contributed by atoms with Crippen molar-refractivity contribution in [2.75, 3.05) is 13.7 Å². The van der Waals surface area contributed by atoms with Gasteiger partial charge in [0.05, 0.1) is 13.7 Å². The number of carbonyl (C=O) groups excluding carboxylic acids is 3. The maximum atomic E-state index is 11.1. The van der Waals surface area contributed by atoms with Gasteiger partial charge < -0.3 is 14.2 Å². The van der Waals surface area contributed by atoms with Crippen LogP contribution in [0.2, 0.25) is 0 Å². The van der Waals surface area contributed by atoms with E-state index in [1.807, 2.05) is 6.92 Å². The first-order valence-electron chi connectivity index (χ1n) is 7.80. The first kappa shape index (κ1) is 23.9. The lowest BCUT2D eigenvalue weighted by molar-refractivity contribution is -0.155. The largest absolute Gasteiger partial charge is 0.490 e. The van der Waals surface area contributed by atoms with Crippen LogP contribution in [0.1, 0.15) is 46.0 Å². The average molecular weight is 340 g/mol. The molecule has 0 aliphatic rings. The molecular weight excluding hydrogens is 312 g/mol. The van der Waals surface area contributed by atoms with Crippen LogP contribution < -0.4 is 0 Å². The summed E-state index contributed by atoms with van der Waals surface area (Å²) in [5, 5.41) is 0. The van der Waals surface area contributed by atoms with Crippen molar-refractivity contribution in [3.63, 3.8) is 0 Å². The molecule has 0 aromatic rings. The highest BCUT2D eigenvalue weighted by Crippen LogP contribution is 2.03. The van der Waals surface area contributed by atoms with E-state index >= 15 is 0 Å². The zero-order valence-electron chi connectivity index (χ0n) is 14.9. The molecule has 0 rings (SSSR count). The first-order valence-corrected chi connectivity index (χ1v) is 7.80.